The number of benzene rings is 2. The van der Waals surface area contributed by atoms with E-state index in [1.54, 1.807) is 0 Å². The summed E-state index contributed by atoms with van der Waals surface area (Å²) in [4.78, 5) is 20.6. The summed E-state index contributed by atoms with van der Waals surface area (Å²) in [6, 6.07) is 15.5. The molecule has 0 saturated heterocycles. The maximum atomic E-state index is 12.2. The standard InChI is InChI=1S/C19H18N4O/c1-13-7-9-16(10-8-13)22-18(24)15-11-20-19(21-12-15)23-17-6-4-3-5-14(17)2/h3-12H,1-2H3,(H,22,24)(H,20,21,23). The predicted molar refractivity (Wildman–Crippen MR) is 95.6 cm³/mol. The highest BCUT2D eigenvalue weighted by atomic mass is 16.1. The third kappa shape index (κ3) is 3.76. The molecule has 0 aliphatic heterocycles. The van der Waals surface area contributed by atoms with Crippen molar-refractivity contribution in [3.05, 3.63) is 77.6 Å². The zero-order valence-corrected chi connectivity index (χ0v) is 13.6. The summed E-state index contributed by atoms with van der Waals surface area (Å²) < 4.78 is 0. The van der Waals surface area contributed by atoms with Crippen molar-refractivity contribution < 1.29 is 4.79 Å². The Labute approximate surface area is 140 Å². The van der Waals surface area contributed by atoms with Crippen LogP contribution in [0.15, 0.2) is 60.9 Å². The summed E-state index contributed by atoms with van der Waals surface area (Å²) in [5, 5.41) is 5.96. The highest BCUT2D eigenvalue weighted by molar-refractivity contribution is 6.03. The lowest BCUT2D eigenvalue weighted by Crippen LogP contribution is -2.13. The first-order chi connectivity index (χ1) is 11.6. The number of nitrogens with zero attached hydrogens (tertiary/aromatic N) is 2. The molecule has 0 aliphatic carbocycles. The topological polar surface area (TPSA) is 66.9 Å². The molecule has 0 atom stereocenters. The van der Waals surface area contributed by atoms with Gasteiger partial charge in [0.2, 0.25) is 5.95 Å². The average molecular weight is 318 g/mol. The summed E-state index contributed by atoms with van der Waals surface area (Å²) in [5.41, 5.74) is 4.33. The van der Waals surface area contributed by atoms with Crippen LogP contribution in [0.3, 0.4) is 0 Å². The number of aryl methyl sites for hydroxylation is 2. The number of rotatable bonds is 4. The summed E-state index contributed by atoms with van der Waals surface area (Å²) in [6.45, 7) is 4.01. The van der Waals surface area contributed by atoms with E-state index in [4.69, 9.17) is 0 Å². The SMILES string of the molecule is Cc1ccc(NC(=O)c2cnc(Nc3ccccc3C)nc2)cc1. The number of carbonyl (C=O) groups is 1. The van der Waals surface area contributed by atoms with Crippen molar-refractivity contribution in [3.8, 4) is 0 Å². The van der Waals surface area contributed by atoms with Gasteiger partial charge in [0.05, 0.1) is 5.56 Å². The van der Waals surface area contributed by atoms with Crippen molar-refractivity contribution in [2.75, 3.05) is 10.6 Å². The van der Waals surface area contributed by atoms with Crippen LogP contribution in [0, 0.1) is 13.8 Å². The molecule has 0 bridgehead atoms. The smallest absolute Gasteiger partial charge is 0.258 e. The highest BCUT2D eigenvalue weighted by Gasteiger charge is 2.08. The zero-order chi connectivity index (χ0) is 16.9. The van der Waals surface area contributed by atoms with Crippen molar-refractivity contribution in [1.29, 1.82) is 0 Å². The number of hydrogen-bond donors (Lipinski definition) is 2. The fourth-order valence-corrected chi connectivity index (χ4v) is 2.18. The van der Waals surface area contributed by atoms with Gasteiger partial charge in [-0.15, -0.1) is 0 Å². The molecular formula is C19H18N4O. The second-order valence-corrected chi connectivity index (χ2v) is 5.56. The van der Waals surface area contributed by atoms with Crippen molar-refractivity contribution in [2.24, 2.45) is 0 Å². The van der Waals surface area contributed by atoms with E-state index >= 15 is 0 Å². The van der Waals surface area contributed by atoms with Crippen molar-refractivity contribution in [1.82, 2.24) is 9.97 Å². The second kappa shape index (κ2) is 6.91. The molecule has 5 nitrogen and oxygen atoms in total. The van der Waals surface area contributed by atoms with E-state index in [0.29, 0.717) is 11.5 Å². The zero-order valence-electron chi connectivity index (χ0n) is 13.6. The first-order valence-electron chi connectivity index (χ1n) is 7.64. The lowest BCUT2D eigenvalue weighted by Gasteiger charge is -2.08. The fraction of sp³-hybridized carbons (Fsp3) is 0.105. The minimum absolute atomic E-state index is 0.235. The molecule has 0 unspecified atom stereocenters. The number of nitrogens with one attached hydrogen (secondary N) is 2. The van der Waals surface area contributed by atoms with Gasteiger partial charge in [-0.1, -0.05) is 35.9 Å². The molecule has 1 aromatic heterocycles. The Morgan fingerprint density at radius 1 is 0.917 bits per heavy atom. The van der Waals surface area contributed by atoms with Crippen LogP contribution < -0.4 is 10.6 Å². The molecule has 1 amide bonds. The van der Waals surface area contributed by atoms with Crippen LogP contribution in [0.4, 0.5) is 17.3 Å². The minimum atomic E-state index is -0.235. The molecule has 0 radical (unpaired) electrons. The Hall–Kier alpha value is -3.21. The molecule has 0 aliphatic rings. The predicted octanol–water partition coefficient (Wildman–Crippen LogP) is 4.09. The number of para-hydroxylation sites is 1. The summed E-state index contributed by atoms with van der Waals surface area (Å²) in [6.07, 6.45) is 3.02. The lowest BCUT2D eigenvalue weighted by atomic mass is 10.2. The summed E-state index contributed by atoms with van der Waals surface area (Å²) in [5.74, 6) is 0.220. The van der Waals surface area contributed by atoms with Crippen LogP contribution in [0.5, 0.6) is 0 Å². The van der Waals surface area contributed by atoms with Gasteiger partial charge in [-0.2, -0.15) is 0 Å². The van der Waals surface area contributed by atoms with Crippen molar-refractivity contribution in [2.45, 2.75) is 13.8 Å². The Morgan fingerprint density at radius 3 is 2.25 bits per heavy atom. The fourth-order valence-electron chi connectivity index (χ4n) is 2.18. The van der Waals surface area contributed by atoms with Gasteiger partial charge in [-0.3, -0.25) is 4.79 Å². The molecule has 0 fully saturated rings. The Kier molecular flexibility index (Phi) is 4.52. The maximum Gasteiger partial charge on any atom is 0.258 e. The van der Waals surface area contributed by atoms with E-state index in [1.807, 2.05) is 62.4 Å². The van der Waals surface area contributed by atoms with Crippen LogP contribution in [0.1, 0.15) is 21.5 Å². The monoisotopic (exact) mass is 318 g/mol. The van der Waals surface area contributed by atoms with Gasteiger partial charge >= 0.3 is 0 Å². The third-order valence-electron chi connectivity index (χ3n) is 3.62. The molecule has 1 heterocycles. The van der Waals surface area contributed by atoms with Gasteiger partial charge in [0, 0.05) is 23.8 Å². The van der Waals surface area contributed by atoms with Gasteiger partial charge in [-0.25, -0.2) is 9.97 Å². The van der Waals surface area contributed by atoms with Crippen LogP contribution in [0.2, 0.25) is 0 Å². The van der Waals surface area contributed by atoms with Crippen molar-refractivity contribution in [3.63, 3.8) is 0 Å². The summed E-state index contributed by atoms with van der Waals surface area (Å²) >= 11 is 0. The van der Waals surface area contributed by atoms with Crippen LogP contribution in [-0.2, 0) is 0 Å². The van der Waals surface area contributed by atoms with E-state index < -0.39 is 0 Å². The van der Waals surface area contributed by atoms with Gasteiger partial charge in [0.15, 0.2) is 0 Å². The lowest BCUT2D eigenvalue weighted by molar-refractivity contribution is 0.102. The molecular weight excluding hydrogens is 300 g/mol. The van der Waals surface area contributed by atoms with Gasteiger partial charge in [-0.05, 0) is 37.6 Å². The van der Waals surface area contributed by atoms with Crippen LogP contribution >= 0.6 is 0 Å². The quantitative estimate of drug-likeness (QED) is 0.760. The molecule has 3 aromatic rings. The van der Waals surface area contributed by atoms with E-state index in [9.17, 15) is 4.79 Å². The number of amides is 1. The average Bonchev–Trinajstić information content (AvgIpc) is 2.59. The molecule has 5 heteroatoms. The number of anilines is 3. The normalized spacial score (nSPS) is 10.2. The van der Waals surface area contributed by atoms with E-state index in [1.165, 1.54) is 12.4 Å². The minimum Gasteiger partial charge on any atom is -0.324 e. The van der Waals surface area contributed by atoms with Crippen molar-refractivity contribution >= 4 is 23.2 Å². The Bertz CT molecular complexity index is 842. The van der Waals surface area contributed by atoms with Gasteiger partial charge in [0.25, 0.3) is 5.91 Å². The van der Waals surface area contributed by atoms with E-state index in [-0.39, 0.29) is 5.91 Å². The maximum absolute atomic E-state index is 12.2. The number of aromatic nitrogens is 2. The summed E-state index contributed by atoms with van der Waals surface area (Å²) in [7, 11) is 0. The number of hydrogen-bond acceptors (Lipinski definition) is 4. The van der Waals surface area contributed by atoms with E-state index in [2.05, 4.69) is 20.6 Å². The first kappa shape index (κ1) is 15.7. The molecule has 120 valence electrons. The molecule has 0 saturated carbocycles. The molecule has 0 spiro atoms. The van der Waals surface area contributed by atoms with Gasteiger partial charge < -0.3 is 10.6 Å². The second-order valence-electron chi connectivity index (χ2n) is 5.56. The third-order valence-corrected chi connectivity index (χ3v) is 3.62. The molecule has 24 heavy (non-hydrogen) atoms. The largest absolute Gasteiger partial charge is 0.324 e. The van der Waals surface area contributed by atoms with Crippen LogP contribution in [0.25, 0.3) is 0 Å². The Morgan fingerprint density at radius 2 is 1.58 bits per heavy atom. The molecule has 2 N–H and O–H groups in total. The highest BCUT2D eigenvalue weighted by Crippen LogP contribution is 2.17. The van der Waals surface area contributed by atoms with Crippen LogP contribution in [-0.4, -0.2) is 15.9 Å². The van der Waals surface area contributed by atoms with E-state index in [0.717, 1.165) is 22.5 Å². The Balaban J connectivity index is 1.68. The van der Waals surface area contributed by atoms with Gasteiger partial charge in [0.1, 0.15) is 0 Å². The molecule has 3 rings (SSSR count). The number of carbonyl (C=O) groups excluding carboxylic acids is 1. The molecule has 2 aromatic carbocycles. The first-order valence-corrected chi connectivity index (χ1v) is 7.64.